The van der Waals surface area contributed by atoms with Crippen LogP contribution >= 0.6 is 11.3 Å². The predicted octanol–water partition coefficient (Wildman–Crippen LogP) is 3.35. The Balaban J connectivity index is 1.63. The number of aromatic nitrogens is 2. The fourth-order valence-electron chi connectivity index (χ4n) is 3.42. The van der Waals surface area contributed by atoms with Crippen LogP contribution in [0.25, 0.3) is 10.2 Å². The SMILES string of the molecule is COC(=O)Nc1cccc(Cn2c(=O)c3cc(C(=O)OCc4ccccc4)sc3n(C)c2=O)c1. The molecule has 0 aliphatic rings. The van der Waals surface area contributed by atoms with E-state index in [2.05, 4.69) is 10.1 Å². The minimum absolute atomic E-state index is 0.0121. The number of rotatable bonds is 6. The number of thiophene rings is 1. The molecule has 2 aromatic carbocycles. The highest BCUT2D eigenvalue weighted by Gasteiger charge is 2.19. The number of carbonyl (C=O) groups is 2. The molecule has 0 atom stereocenters. The molecule has 4 rings (SSSR count). The number of carbonyl (C=O) groups excluding carboxylic acids is 2. The number of anilines is 1. The number of amides is 1. The Morgan fingerprint density at radius 2 is 1.74 bits per heavy atom. The molecule has 0 unspecified atom stereocenters. The van der Waals surface area contributed by atoms with Crippen molar-refractivity contribution in [3.05, 3.63) is 97.5 Å². The van der Waals surface area contributed by atoms with E-state index in [4.69, 9.17) is 4.74 Å². The molecule has 9 nitrogen and oxygen atoms in total. The van der Waals surface area contributed by atoms with Crippen molar-refractivity contribution >= 4 is 39.3 Å². The third kappa shape index (κ3) is 4.76. The van der Waals surface area contributed by atoms with Gasteiger partial charge in [-0.05, 0) is 29.3 Å². The molecule has 174 valence electrons. The Kier molecular flexibility index (Phi) is 6.60. The highest BCUT2D eigenvalue weighted by Crippen LogP contribution is 2.23. The molecule has 2 heterocycles. The third-order valence-corrected chi connectivity index (χ3v) is 6.32. The molecular formula is C24H21N3O6S. The quantitative estimate of drug-likeness (QED) is 0.425. The van der Waals surface area contributed by atoms with E-state index in [0.717, 1.165) is 21.5 Å². The first-order valence-corrected chi connectivity index (χ1v) is 11.1. The summed E-state index contributed by atoms with van der Waals surface area (Å²) in [6.07, 6.45) is -0.628. The zero-order chi connectivity index (χ0) is 24.2. The maximum Gasteiger partial charge on any atom is 0.411 e. The third-order valence-electron chi connectivity index (χ3n) is 5.12. The summed E-state index contributed by atoms with van der Waals surface area (Å²) in [5.74, 6) is -0.565. The number of esters is 1. The second kappa shape index (κ2) is 9.75. The molecule has 0 aliphatic heterocycles. The second-order valence-corrected chi connectivity index (χ2v) is 8.47. The number of aryl methyl sites for hydroxylation is 1. The predicted molar refractivity (Wildman–Crippen MR) is 128 cm³/mol. The summed E-state index contributed by atoms with van der Waals surface area (Å²) in [6.45, 7) is 0.0921. The Bertz CT molecular complexity index is 1490. The van der Waals surface area contributed by atoms with Crippen LogP contribution in [0.1, 0.15) is 20.8 Å². The molecule has 2 aromatic heterocycles. The number of nitrogens with one attached hydrogen (secondary N) is 1. The zero-order valence-electron chi connectivity index (χ0n) is 18.4. The monoisotopic (exact) mass is 479 g/mol. The lowest BCUT2D eigenvalue weighted by Gasteiger charge is -2.10. The normalized spacial score (nSPS) is 10.8. The Labute approximate surface area is 197 Å². The Morgan fingerprint density at radius 1 is 1.00 bits per heavy atom. The van der Waals surface area contributed by atoms with Crippen molar-refractivity contribution in [3.63, 3.8) is 0 Å². The van der Waals surface area contributed by atoms with Crippen LogP contribution in [-0.4, -0.2) is 28.3 Å². The topological polar surface area (TPSA) is 109 Å². The molecular weight excluding hydrogens is 458 g/mol. The standard InChI is InChI=1S/C24H21N3O6S/c1-26-21-18(12-19(34-21)22(29)33-14-15-7-4-3-5-8-15)20(28)27(24(26)31)13-16-9-6-10-17(11-16)25-23(30)32-2/h3-12H,13-14H2,1-2H3,(H,25,30). The summed E-state index contributed by atoms with van der Waals surface area (Å²) < 4.78 is 12.4. The van der Waals surface area contributed by atoms with Crippen LogP contribution in [0.5, 0.6) is 0 Å². The molecule has 4 aromatic rings. The summed E-state index contributed by atoms with van der Waals surface area (Å²) in [5.41, 5.74) is 0.910. The van der Waals surface area contributed by atoms with E-state index in [1.807, 2.05) is 30.3 Å². The molecule has 0 radical (unpaired) electrons. The minimum atomic E-state index is -0.628. The van der Waals surface area contributed by atoms with Gasteiger partial charge >= 0.3 is 17.8 Å². The second-order valence-electron chi connectivity index (χ2n) is 7.44. The minimum Gasteiger partial charge on any atom is -0.457 e. The zero-order valence-corrected chi connectivity index (χ0v) is 19.3. The van der Waals surface area contributed by atoms with Crippen molar-refractivity contribution < 1.29 is 19.1 Å². The van der Waals surface area contributed by atoms with Crippen LogP contribution in [0.2, 0.25) is 0 Å². The molecule has 0 spiro atoms. The molecule has 0 fully saturated rings. The van der Waals surface area contributed by atoms with Crippen LogP contribution in [0.15, 0.2) is 70.3 Å². The van der Waals surface area contributed by atoms with E-state index in [9.17, 15) is 19.2 Å². The fraction of sp³-hybridized carbons (Fsp3) is 0.167. The average molecular weight is 480 g/mol. The van der Waals surface area contributed by atoms with E-state index in [1.165, 1.54) is 17.7 Å². The molecule has 0 bridgehead atoms. The highest BCUT2D eigenvalue weighted by atomic mass is 32.1. The van der Waals surface area contributed by atoms with E-state index < -0.39 is 23.3 Å². The summed E-state index contributed by atoms with van der Waals surface area (Å²) in [4.78, 5) is 50.7. The summed E-state index contributed by atoms with van der Waals surface area (Å²) in [7, 11) is 2.80. The van der Waals surface area contributed by atoms with E-state index >= 15 is 0 Å². The van der Waals surface area contributed by atoms with Crippen LogP contribution < -0.4 is 16.6 Å². The molecule has 0 saturated heterocycles. The fourth-order valence-corrected chi connectivity index (χ4v) is 4.42. The smallest absolute Gasteiger partial charge is 0.411 e. The molecule has 0 saturated carbocycles. The van der Waals surface area contributed by atoms with Crippen molar-refractivity contribution in [1.29, 1.82) is 0 Å². The highest BCUT2D eigenvalue weighted by molar-refractivity contribution is 7.20. The number of hydrogen-bond acceptors (Lipinski definition) is 7. The van der Waals surface area contributed by atoms with Crippen molar-refractivity contribution in [2.45, 2.75) is 13.2 Å². The lowest BCUT2D eigenvalue weighted by atomic mass is 10.2. The van der Waals surface area contributed by atoms with Gasteiger partial charge in [0, 0.05) is 12.7 Å². The largest absolute Gasteiger partial charge is 0.457 e. The number of fused-ring (bicyclic) bond motifs is 1. The first-order chi connectivity index (χ1) is 16.4. The summed E-state index contributed by atoms with van der Waals surface area (Å²) in [5, 5.41) is 2.80. The van der Waals surface area contributed by atoms with Gasteiger partial charge in [0.25, 0.3) is 5.56 Å². The van der Waals surface area contributed by atoms with Gasteiger partial charge in [0.1, 0.15) is 16.3 Å². The number of benzene rings is 2. The lowest BCUT2D eigenvalue weighted by Crippen LogP contribution is -2.38. The Hall–Kier alpha value is -4.18. The van der Waals surface area contributed by atoms with Crippen molar-refractivity contribution in [1.82, 2.24) is 9.13 Å². The van der Waals surface area contributed by atoms with Gasteiger partial charge in [-0.25, -0.2) is 14.4 Å². The molecule has 1 amide bonds. The maximum atomic E-state index is 13.1. The summed E-state index contributed by atoms with van der Waals surface area (Å²) in [6, 6.07) is 17.5. The molecule has 10 heteroatoms. The van der Waals surface area contributed by atoms with Gasteiger partial charge in [-0.2, -0.15) is 0 Å². The number of hydrogen-bond donors (Lipinski definition) is 1. The van der Waals surface area contributed by atoms with Gasteiger partial charge in [-0.3, -0.25) is 19.2 Å². The molecule has 0 aliphatic carbocycles. The van der Waals surface area contributed by atoms with Gasteiger partial charge in [0.2, 0.25) is 0 Å². The average Bonchev–Trinajstić information content (AvgIpc) is 3.31. The van der Waals surface area contributed by atoms with Crippen LogP contribution in [0, 0.1) is 0 Å². The van der Waals surface area contributed by atoms with E-state index in [-0.39, 0.29) is 23.4 Å². The molecule has 1 N–H and O–H groups in total. The van der Waals surface area contributed by atoms with Gasteiger partial charge in [0.05, 0.1) is 19.0 Å². The number of nitrogens with zero attached hydrogens (tertiary/aromatic N) is 2. The van der Waals surface area contributed by atoms with E-state index in [0.29, 0.717) is 16.1 Å². The summed E-state index contributed by atoms with van der Waals surface area (Å²) >= 11 is 1.04. The van der Waals surface area contributed by atoms with Crippen molar-refractivity contribution in [2.75, 3.05) is 12.4 Å². The van der Waals surface area contributed by atoms with Gasteiger partial charge in [-0.15, -0.1) is 11.3 Å². The molecule has 34 heavy (non-hydrogen) atoms. The van der Waals surface area contributed by atoms with Crippen molar-refractivity contribution in [2.24, 2.45) is 7.05 Å². The lowest BCUT2D eigenvalue weighted by molar-refractivity contribution is 0.0478. The van der Waals surface area contributed by atoms with Gasteiger partial charge in [-0.1, -0.05) is 42.5 Å². The maximum absolute atomic E-state index is 13.1. The van der Waals surface area contributed by atoms with Gasteiger partial charge in [0.15, 0.2) is 0 Å². The Morgan fingerprint density at radius 3 is 2.47 bits per heavy atom. The van der Waals surface area contributed by atoms with Crippen LogP contribution in [0.3, 0.4) is 0 Å². The van der Waals surface area contributed by atoms with Crippen LogP contribution in [-0.2, 0) is 29.7 Å². The van der Waals surface area contributed by atoms with Crippen LogP contribution in [0.4, 0.5) is 10.5 Å². The van der Waals surface area contributed by atoms with Gasteiger partial charge < -0.3 is 9.47 Å². The van der Waals surface area contributed by atoms with E-state index in [1.54, 1.807) is 31.3 Å². The first kappa shape index (κ1) is 23.0. The number of methoxy groups -OCH3 is 1. The number of ether oxygens (including phenoxy) is 2. The first-order valence-electron chi connectivity index (χ1n) is 10.3. The van der Waals surface area contributed by atoms with Crippen molar-refractivity contribution in [3.8, 4) is 0 Å².